The van der Waals surface area contributed by atoms with Crippen LogP contribution in [0.15, 0.2) is 45.9 Å². The Kier molecular flexibility index (Phi) is 5.49. The van der Waals surface area contributed by atoms with E-state index in [9.17, 15) is 22.4 Å². The molecule has 1 unspecified atom stereocenters. The van der Waals surface area contributed by atoms with Gasteiger partial charge in [0.25, 0.3) is 15.9 Å². The monoisotopic (exact) mass is 410 g/mol. The zero-order valence-electron chi connectivity index (χ0n) is 14.7. The van der Waals surface area contributed by atoms with E-state index in [4.69, 9.17) is 15.9 Å². The molecule has 0 radical (unpaired) electrons. The molecule has 0 saturated carbocycles. The summed E-state index contributed by atoms with van der Waals surface area (Å²) in [6, 6.07) is 6.99. The topological polar surface area (TPSA) is 140 Å². The summed E-state index contributed by atoms with van der Waals surface area (Å²) in [7, 11) is -3.95. The maximum absolute atomic E-state index is 13.1. The van der Waals surface area contributed by atoms with E-state index in [0.29, 0.717) is 5.56 Å². The average Bonchev–Trinajstić information content (AvgIpc) is 3.15. The van der Waals surface area contributed by atoms with Gasteiger partial charge in [-0.25, -0.2) is 12.8 Å². The Labute approximate surface area is 160 Å². The molecule has 28 heavy (non-hydrogen) atoms. The summed E-state index contributed by atoms with van der Waals surface area (Å²) >= 11 is 0. The van der Waals surface area contributed by atoms with Crippen LogP contribution in [0, 0.1) is 5.82 Å². The summed E-state index contributed by atoms with van der Waals surface area (Å²) in [5, 5.41) is -0.375. The lowest BCUT2D eigenvalue weighted by Gasteiger charge is -2.37. The number of nitrogens with two attached hydrogens (primary N) is 2. The highest BCUT2D eigenvalue weighted by Crippen LogP contribution is 2.25. The summed E-state index contributed by atoms with van der Waals surface area (Å²) in [6.45, 7) is 0.626. The first kappa shape index (κ1) is 20.0. The molecule has 1 aromatic carbocycles. The molecule has 2 heterocycles. The predicted molar refractivity (Wildman–Crippen MR) is 95.9 cm³/mol. The molecule has 0 aliphatic carbocycles. The van der Waals surface area contributed by atoms with Crippen molar-refractivity contribution in [1.29, 1.82) is 0 Å². The van der Waals surface area contributed by atoms with Gasteiger partial charge in [0.15, 0.2) is 5.76 Å². The first-order chi connectivity index (χ1) is 13.2. The molecule has 2 aromatic rings. The Morgan fingerprint density at radius 3 is 2.11 bits per heavy atom. The minimum absolute atomic E-state index is 0.0832. The maximum Gasteiger partial charge on any atom is 0.284 e. The van der Waals surface area contributed by atoms with Crippen LogP contribution in [0.1, 0.15) is 22.2 Å². The number of piperazine rings is 1. The first-order valence-corrected chi connectivity index (χ1v) is 9.83. The number of benzene rings is 1. The van der Waals surface area contributed by atoms with Gasteiger partial charge in [-0.05, 0) is 29.8 Å². The van der Waals surface area contributed by atoms with E-state index in [1.807, 2.05) is 0 Å². The normalized spacial score (nSPS) is 17.3. The largest absolute Gasteiger partial charge is 0.438 e. The molecule has 11 heteroatoms. The second-order valence-electron chi connectivity index (χ2n) is 6.28. The number of halogens is 1. The van der Waals surface area contributed by atoms with Gasteiger partial charge in [-0.15, -0.1) is 0 Å². The second kappa shape index (κ2) is 7.70. The van der Waals surface area contributed by atoms with E-state index in [0.717, 1.165) is 0 Å². The lowest BCUT2D eigenvalue weighted by Crippen LogP contribution is -2.51. The molecular formula is C17H19FN4O5S. The molecule has 9 nitrogen and oxygen atoms in total. The minimum atomic E-state index is -3.95. The Morgan fingerprint density at radius 1 is 1.00 bits per heavy atom. The van der Waals surface area contributed by atoms with Crippen molar-refractivity contribution < 1.29 is 26.8 Å². The van der Waals surface area contributed by atoms with Gasteiger partial charge in [-0.2, -0.15) is 4.31 Å². The highest BCUT2D eigenvalue weighted by atomic mass is 32.2. The average molecular weight is 410 g/mol. The fourth-order valence-corrected chi connectivity index (χ4v) is 4.45. The number of carbonyl (C=O) groups excluding carboxylic acids is 2. The van der Waals surface area contributed by atoms with E-state index in [-0.39, 0.29) is 37.0 Å². The molecule has 1 atom stereocenters. The van der Waals surface area contributed by atoms with Crippen molar-refractivity contribution >= 4 is 21.8 Å². The fourth-order valence-electron chi connectivity index (χ4n) is 3.12. The Hall–Kier alpha value is -2.76. The molecule has 3 rings (SSSR count). The van der Waals surface area contributed by atoms with Crippen molar-refractivity contribution in [3.8, 4) is 0 Å². The van der Waals surface area contributed by atoms with Crippen LogP contribution in [-0.4, -0.2) is 55.6 Å². The number of hydrogen-bond donors (Lipinski definition) is 2. The SMILES string of the molecule is NC(=O)c1ccc(S(=O)(=O)N2CCN(C(C(N)=O)c3ccc(F)cc3)CC2)o1. The summed E-state index contributed by atoms with van der Waals surface area (Å²) in [5.74, 6) is -2.16. The van der Waals surface area contributed by atoms with Gasteiger partial charge in [0, 0.05) is 26.2 Å². The van der Waals surface area contributed by atoms with Crippen LogP contribution in [0.25, 0.3) is 0 Å². The van der Waals surface area contributed by atoms with Crippen LogP contribution in [-0.2, 0) is 14.8 Å². The zero-order valence-corrected chi connectivity index (χ0v) is 15.6. The Morgan fingerprint density at radius 2 is 1.61 bits per heavy atom. The predicted octanol–water partition coefficient (Wildman–Crippen LogP) is 0.0505. The van der Waals surface area contributed by atoms with Crippen LogP contribution in [0.2, 0.25) is 0 Å². The van der Waals surface area contributed by atoms with Crippen molar-refractivity contribution in [2.45, 2.75) is 11.1 Å². The van der Waals surface area contributed by atoms with E-state index < -0.39 is 33.7 Å². The third kappa shape index (κ3) is 3.91. The van der Waals surface area contributed by atoms with Crippen LogP contribution in [0.4, 0.5) is 4.39 Å². The second-order valence-corrected chi connectivity index (χ2v) is 8.15. The first-order valence-electron chi connectivity index (χ1n) is 8.39. The van der Waals surface area contributed by atoms with Crippen LogP contribution in [0.5, 0.6) is 0 Å². The smallest absolute Gasteiger partial charge is 0.284 e. The number of amides is 2. The van der Waals surface area contributed by atoms with Crippen LogP contribution >= 0.6 is 0 Å². The maximum atomic E-state index is 13.1. The van der Waals surface area contributed by atoms with E-state index in [1.165, 1.54) is 40.7 Å². The molecule has 1 saturated heterocycles. The molecule has 0 bridgehead atoms. The molecule has 4 N–H and O–H groups in total. The number of nitrogens with zero attached hydrogens (tertiary/aromatic N) is 2. The van der Waals surface area contributed by atoms with Crippen molar-refractivity contribution in [2.75, 3.05) is 26.2 Å². The standard InChI is InChI=1S/C17H19FN4O5S/c18-12-3-1-11(2-4-12)15(17(20)24)21-7-9-22(10-8-21)28(25,26)14-6-5-13(27-14)16(19)23/h1-6,15H,7-10H2,(H2,19,23)(H2,20,24). The zero-order chi connectivity index (χ0) is 20.5. The van der Waals surface area contributed by atoms with Gasteiger partial charge in [0.05, 0.1) is 0 Å². The van der Waals surface area contributed by atoms with Gasteiger partial charge in [-0.3, -0.25) is 14.5 Å². The molecule has 1 aromatic heterocycles. The molecule has 1 fully saturated rings. The van der Waals surface area contributed by atoms with Gasteiger partial charge in [0.1, 0.15) is 11.9 Å². The molecular weight excluding hydrogens is 391 g/mol. The lowest BCUT2D eigenvalue weighted by molar-refractivity contribution is -0.124. The Balaban J connectivity index is 1.74. The number of primary amides is 2. The van der Waals surface area contributed by atoms with Crippen LogP contribution in [0.3, 0.4) is 0 Å². The lowest BCUT2D eigenvalue weighted by atomic mass is 10.0. The quantitative estimate of drug-likeness (QED) is 0.690. The van der Waals surface area contributed by atoms with Crippen LogP contribution < -0.4 is 11.5 Å². The molecule has 1 aliphatic rings. The van der Waals surface area contributed by atoms with Gasteiger partial charge in [0.2, 0.25) is 11.0 Å². The van der Waals surface area contributed by atoms with E-state index in [1.54, 1.807) is 4.90 Å². The van der Waals surface area contributed by atoms with E-state index in [2.05, 4.69) is 0 Å². The Bertz CT molecular complexity index is 981. The molecule has 0 spiro atoms. The number of carbonyl (C=O) groups is 2. The summed E-state index contributed by atoms with van der Waals surface area (Å²) < 4.78 is 44.7. The van der Waals surface area contributed by atoms with Gasteiger partial charge < -0.3 is 15.9 Å². The number of hydrogen-bond acceptors (Lipinski definition) is 6. The number of sulfonamides is 1. The van der Waals surface area contributed by atoms with Crippen molar-refractivity contribution in [3.63, 3.8) is 0 Å². The van der Waals surface area contributed by atoms with Gasteiger partial charge in [-0.1, -0.05) is 12.1 Å². The summed E-state index contributed by atoms with van der Waals surface area (Å²) in [4.78, 5) is 24.8. The highest BCUT2D eigenvalue weighted by Gasteiger charge is 2.35. The number of furan rings is 1. The van der Waals surface area contributed by atoms with Crippen molar-refractivity contribution in [3.05, 3.63) is 53.5 Å². The fraction of sp³-hybridized carbons (Fsp3) is 0.294. The molecule has 150 valence electrons. The summed E-state index contributed by atoms with van der Waals surface area (Å²) in [6.07, 6.45) is 0. The third-order valence-corrected chi connectivity index (χ3v) is 6.28. The summed E-state index contributed by atoms with van der Waals surface area (Å²) in [5.41, 5.74) is 11.1. The molecule has 1 aliphatic heterocycles. The molecule has 2 amide bonds. The number of rotatable bonds is 6. The third-order valence-electron chi connectivity index (χ3n) is 4.51. The van der Waals surface area contributed by atoms with Crippen molar-refractivity contribution in [1.82, 2.24) is 9.21 Å². The van der Waals surface area contributed by atoms with Crippen molar-refractivity contribution in [2.24, 2.45) is 11.5 Å². The minimum Gasteiger partial charge on any atom is -0.438 e. The van der Waals surface area contributed by atoms with E-state index >= 15 is 0 Å². The van der Waals surface area contributed by atoms with Gasteiger partial charge >= 0.3 is 0 Å². The highest BCUT2D eigenvalue weighted by molar-refractivity contribution is 7.89.